The molecule has 0 radical (unpaired) electrons. The summed E-state index contributed by atoms with van der Waals surface area (Å²) in [5.41, 5.74) is 12.5. The van der Waals surface area contributed by atoms with Crippen molar-refractivity contribution in [2.45, 2.75) is 64.3 Å². The van der Waals surface area contributed by atoms with Gasteiger partial charge in [0.25, 0.3) is 0 Å². The summed E-state index contributed by atoms with van der Waals surface area (Å²) in [6, 6.07) is 10.5. The normalized spacial score (nSPS) is 15.0. The summed E-state index contributed by atoms with van der Waals surface area (Å²) in [5.74, 6) is 0.350. The molecule has 4 aromatic rings. The van der Waals surface area contributed by atoms with Crippen molar-refractivity contribution in [2.75, 3.05) is 24.1 Å². The molecule has 1 aliphatic heterocycles. The number of nitrogen functional groups attached to an aromatic ring is 1. The number of hydrogen-bond acceptors (Lipinski definition) is 6. The van der Waals surface area contributed by atoms with Crippen LogP contribution in [0, 0.1) is 18.3 Å². The van der Waals surface area contributed by atoms with E-state index in [-0.39, 0.29) is 12.5 Å². The number of anilines is 2. The minimum Gasteiger partial charge on any atom is -0.384 e. The molecule has 3 aromatic heterocycles. The number of nitriles is 1. The average Bonchev–Trinajstić information content (AvgIpc) is 3.56. The van der Waals surface area contributed by atoms with E-state index in [9.17, 15) is 18.4 Å². The second-order valence-corrected chi connectivity index (χ2v) is 10.5. The molecular weight excluding hydrogens is 517 g/mol. The quantitative estimate of drug-likeness (QED) is 0.253. The monoisotopic (exact) mass is 550 g/mol. The molecule has 0 atom stereocenters. The van der Waals surface area contributed by atoms with Gasteiger partial charge >= 0.3 is 6.18 Å². The lowest BCUT2D eigenvalue weighted by Gasteiger charge is -2.33. The van der Waals surface area contributed by atoms with Gasteiger partial charge in [-0.1, -0.05) is 6.07 Å². The molecule has 0 spiro atoms. The van der Waals surface area contributed by atoms with Crippen LogP contribution < -0.4 is 11.1 Å². The molecule has 1 saturated heterocycles. The highest BCUT2D eigenvalue weighted by Crippen LogP contribution is 2.29. The van der Waals surface area contributed by atoms with Crippen molar-refractivity contribution in [3.8, 4) is 6.07 Å². The van der Waals surface area contributed by atoms with E-state index in [1.165, 1.54) is 11.1 Å². The minimum absolute atomic E-state index is 0.0223. The third-order valence-corrected chi connectivity index (χ3v) is 7.73. The number of alkyl halides is 3. The first-order valence-corrected chi connectivity index (χ1v) is 13.5. The maximum atomic E-state index is 12.6. The number of nitrogens with one attached hydrogen (secondary N) is 2. The summed E-state index contributed by atoms with van der Waals surface area (Å²) >= 11 is 0. The number of likely N-dealkylation sites (tertiary alicyclic amines) is 1. The molecule has 4 N–H and O–H groups in total. The lowest BCUT2D eigenvalue weighted by molar-refractivity contribution is -0.135. The number of hydrogen-bond donors (Lipinski definition) is 3. The average molecular weight is 551 g/mol. The zero-order valence-corrected chi connectivity index (χ0v) is 22.4. The van der Waals surface area contributed by atoms with Crippen LogP contribution in [-0.2, 0) is 19.5 Å². The number of rotatable bonds is 9. The Hall–Kier alpha value is -4.04. The van der Waals surface area contributed by atoms with Gasteiger partial charge in [0.15, 0.2) is 0 Å². The molecule has 8 nitrogen and oxygen atoms in total. The first-order valence-electron chi connectivity index (χ1n) is 13.5. The Kier molecular flexibility index (Phi) is 7.98. The molecule has 0 saturated carbocycles. The SMILES string of the molecule is Cc1c(CN2CCC(Nc3cc(N)ncc3CCCC(F)(F)F)CC2)ccc2c1cc(C#N)n2Cc1cn[nH]c1. The number of piperidine rings is 1. The molecule has 0 amide bonds. The van der Waals surface area contributed by atoms with Gasteiger partial charge in [0.2, 0.25) is 0 Å². The predicted octanol–water partition coefficient (Wildman–Crippen LogP) is 5.53. The van der Waals surface area contributed by atoms with Gasteiger partial charge in [-0.15, -0.1) is 0 Å². The number of fused-ring (bicyclic) bond motifs is 1. The smallest absolute Gasteiger partial charge is 0.384 e. The molecule has 0 aliphatic carbocycles. The van der Waals surface area contributed by atoms with Gasteiger partial charge in [0.05, 0.1) is 12.7 Å². The van der Waals surface area contributed by atoms with Crippen molar-refractivity contribution < 1.29 is 13.2 Å². The van der Waals surface area contributed by atoms with E-state index in [1.807, 2.05) is 16.8 Å². The fourth-order valence-corrected chi connectivity index (χ4v) is 5.51. The van der Waals surface area contributed by atoms with Gasteiger partial charge in [-0.05, 0) is 61.4 Å². The Morgan fingerprint density at radius 3 is 2.65 bits per heavy atom. The summed E-state index contributed by atoms with van der Waals surface area (Å²) in [6.07, 6.45) is 2.36. The first kappa shape index (κ1) is 27.5. The van der Waals surface area contributed by atoms with E-state index in [4.69, 9.17) is 5.73 Å². The molecule has 11 heteroatoms. The second kappa shape index (κ2) is 11.6. The fraction of sp³-hybridized carbons (Fsp3) is 0.414. The number of aromatic amines is 1. The number of nitrogens with two attached hydrogens (primary N) is 1. The van der Waals surface area contributed by atoms with Gasteiger partial charge in [-0.3, -0.25) is 10.00 Å². The molecule has 0 unspecified atom stereocenters. The molecule has 1 aliphatic rings. The topological polar surface area (TPSA) is 112 Å². The summed E-state index contributed by atoms with van der Waals surface area (Å²) in [7, 11) is 0. The third kappa shape index (κ3) is 6.39. The maximum absolute atomic E-state index is 12.6. The van der Waals surface area contributed by atoms with Crippen molar-refractivity contribution in [3.05, 3.63) is 70.8 Å². The van der Waals surface area contributed by atoms with E-state index in [0.717, 1.165) is 60.2 Å². The lowest BCUT2D eigenvalue weighted by atomic mass is 10.00. The Labute approximate surface area is 231 Å². The third-order valence-electron chi connectivity index (χ3n) is 7.73. The van der Waals surface area contributed by atoms with Gasteiger partial charge < -0.3 is 15.6 Å². The summed E-state index contributed by atoms with van der Waals surface area (Å²) < 4.78 is 39.9. The second-order valence-electron chi connectivity index (χ2n) is 10.5. The van der Waals surface area contributed by atoms with Crippen LogP contribution >= 0.6 is 0 Å². The number of halogens is 3. The van der Waals surface area contributed by atoms with Gasteiger partial charge in [0.1, 0.15) is 17.6 Å². The highest BCUT2D eigenvalue weighted by molar-refractivity contribution is 5.86. The van der Waals surface area contributed by atoms with Crippen molar-refractivity contribution in [1.29, 1.82) is 5.26 Å². The molecule has 4 heterocycles. The molecular formula is C29H33F3N8. The van der Waals surface area contributed by atoms with Crippen molar-refractivity contribution in [3.63, 3.8) is 0 Å². The van der Waals surface area contributed by atoms with Crippen LogP contribution in [0.3, 0.4) is 0 Å². The Morgan fingerprint density at radius 2 is 1.95 bits per heavy atom. The van der Waals surface area contributed by atoms with Crippen molar-refractivity contribution in [1.82, 2.24) is 24.6 Å². The molecule has 5 rings (SSSR count). The first-order chi connectivity index (χ1) is 19.2. The van der Waals surface area contributed by atoms with Gasteiger partial charge in [0, 0.05) is 72.7 Å². The zero-order chi connectivity index (χ0) is 28.3. The van der Waals surface area contributed by atoms with Crippen LogP contribution in [0.2, 0.25) is 0 Å². The number of benzene rings is 1. The summed E-state index contributed by atoms with van der Waals surface area (Å²) in [4.78, 5) is 6.51. The van der Waals surface area contributed by atoms with Crippen molar-refractivity contribution in [2.24, 2.45) is 0 Å². The van der Waals surface area contributed by atoms with E-state index in [2.05, 4.69) is 50.5 Å². The van der Waals surface area contributed by atoms with Crippen LogP contribution in [0.4, 0.5) is 24.7 Å². The number of aromatic nitrogens is 4. The van der Waals surface area contributed by atoms with E-state index >= 15 is 0 Å². The Balaban J connectivity index is 1.22. The van der Waals surface area contributed by atoms with E-state index in [1.54, 1.807) is 18.5 Å². The summed E-state index contributed by atoms with van der Waals surface area (Å²) in [5, 5.41) is 21.2. The molecule has 40 heavy (non-hydrogen) atoms. The molecule has 210 valence electrons. The highest BCUT2D eigenvalue weighted by Gasteiger charge is 2.26. The van der Waals surface area contributed by atoms with Crippen LogP contribution in [-0.4, -0.2) is 50.0 Å². The standard InChI is InChI=1S/C29H33F3N8/c1-19-22(4-5-27-25(19)11-24(13-33)40(27)17-20-14-36-37-15-20)18-39-9-6-23(7-10-39)38-26-12-28(34)35-16-21(26)3-2-8-29(30,31)32/h4-5,11-12,14-16,23H,2-3,6-10,17-18H2,1H3,(H,36,37)(H3,34,35,38). The van der Waals surface area contributed by atoms with Crippen LogP contribution in [0.15, 0.2) is 42.9 Å². The van der Waals surface area contributed by atoms with Gasteiger partial charge in [-0.2, -0.15) is 23.5 Å². The predicted molar refractivity (Wildman–Crippen MR) is 149 cm³/mol. The summed E-state index contributed by atoms with van der Waals surface area (Å²) in [6.45, 7) is 5.29. The van der Waals surface area contributed by atoms with E-state index in [0.29, 0.717) is 24.5 Å². The van der Waals surface area contributed by atoms with Crippen LogP contribution in [0.1, 0.15) is 53.6 Å². The minimum atomic E-state index is -4.16. The Bertz CT molecular complexity index is 1490. The number of nitrogens with zero attached hydrogens (tertiary/aromatic N) is 5. The van der Waals surface area contributed by atoms with Crippen LogP contribution in [0.25, 0.3) is 10.9 Å². The molecule has 1 aromatic carbocycles. The molecule has 1 fully saturated rings. The number of H-pyrrole nitrogens is 1. The largest absolute Gasteiger partial charge is 0.389 e. The Morgan fingerprint density at radius 1 is 1.15 bits per heavy atom. The van der Waals surface area contributed by atoms with E-state index < -0.39 is 12.6 Å². The lowest BCUT2D eigenvalue weighted by Crippen LogP contribution is -2.39. The van der Waals surface area contributed by atoms with Crippen molar-refractivity contribution >= 4 is 22.4 Å². The number of aryl methyl sites for hydroxylation is 2. The van der Waals surface area contributed by atoms with Crippen LogP contribution in [0.5, 0.6) is 0 Å². The zero-order valence-electron chi connectivity index (χ0n) is 22.4. The van der Waals surface area contributed by atoms with Gasteiger partial charge in [-0.25, -0.2) is 4.98 Å². The fourth-order valence-electron chi connectivity index (χ4n) is 5.51. The highest BCUT2D eigenvalue weighted by atomic mass is 19.4. The molecule has 0 bridgehead atoms. The number of pyridine rings is 1. The maximum Gasteiger partial charge on any atom is 0.389 e.